The van der Waals surface area contributed by atoms with Crippen molar-refractivity contribution in [2.45, 2.75) is 19.8 Å². The van der Waals surface area contributed by atoms with Crippen LogP contribution in [-0.4, -0.2) is 20.1 Å². The second kappa shape index (κ2) is 6.06. The lowest BCUT2D eigenvalue weighted by Crippen LogP contribution is -1.99. The number of fused-ring (bicyclic) bond motifs is 1. The summed E-state index contributed by atoms with van der Waals surface area (Å²) in [4.78, 5) is 1.49. The van der Waals surface area contributed by atoms with E-state index < -0.39 is 0 Å². The Balaban J connectivity index is 1.78. The van der Waals surface area contributed by atoms with E-state index in [0.717, 1.165) is 22.2 Å². The maximum Gasteiger partial charge on any atom is 0.143 e. The van der Waals surface area contributed by atoms with Crippen LogP contribution >= 0.6 is 0 Å². The van der Waals surface area contributed by atoms with Crippen LogP contribution in [0.1, 0.15) is 25.3 Å². The predicted octanol–water partition coefficient (Wildman–Crippen LogP) is 4.92. The maximum absolute atomic E-state index is 10.3. The molecule has 3 aromatic carbocycles. The zero-order chi connectivity index (χ0) is 17.4. The van der Waals surface area contributed by atoms with Crippen LogP contribution in [0.4, 0.5) is 0 Å². The third kappa shape index (κ3) is 2.87. The second-order valence-electron chi connectivity index (χ2n) is 6.46. The molecule has 4 nitrogen and oxygen atoms in total. The lowest BCUT2D eigenvalue weighted by atomic mass is 9.98. The molecule has 124 valence electrons. The Kier molecular flexibility index (Phi) is 3.73. The number of phenolic OH excluding ortho intramolecular Hbond substituents is 1. The number of nitrogens with zero attached hydrogens (tertiary/aromatic N) is 3. The molecule has 1 aromatic heterocycles. The van der Waals surface area contributed by atoms with Crippen molar-refractivity contribution >= 4 is 11.0 Å². The van der Waals surface area contributed by atoms with Crippen molar-refractivity contribution in [1.82, 2.24) is 15.0 Å². The van der Waals surface area contributed by atoms with Gasteiger partial charge in [0, 0.05) is 0 Å². The molecule has 0 saturated heterocycles. The quantitative estimate of drug-likeness (QED) is 0.580. The van der Waals surface area contributed by atoms with Crippen molar-refractivity contribution in [2.75, 3.05) is 0 Å². The fraction of sp³-hybridized carbons (Fsp3) is 0.143. The van der Waals surface area contributed by atoms with E-state index in [0.29, 0.717) is 11.6 Å². The van der Waals surface area contributed by atoms with Gasteiger partial charge in [0.15, 0.2) is 0 Å². The largest absolute Gasteiger partial charge is 0.506 e. The van der Waals surface area contributed by atoms with Crippen molar-refractivity contribution in [3.8, 4) is 22.6 Å². The number of aromatic nitrogens is 3. The van der Waals surface area contributed by atoms with Gasteiger partial charge in [-0.15, -0.1) is 15.0 Å². The van der Waals surface area contributed by atoms with Crippen LogP contribution in [0, 0.1) is 0 Å². The molecule has 1 heterocycles. The molecule has 0 bridgehead atoms. The van der Waals surface area contributed by atoms with E-state index in [1.54, 1.807) is 6.07 Å². The molecule has 0 amide bonds. The predicted molar refractivity (Wildman–Crippen MR) is 100 cm³/mol. The monoisotopic (exact) mass is 329 g/mol. The lowest BCUT2D eigenvalue weighted by molar-refractivity contribution is 0.468. The van der Waals surface area contributed by atoms with Gasteiger partial charge >= 0.3 is 0 Å². The number of hydrogen-bond donors (Lipinski definition) is 1. The molecule has 4 rings (SSSR count). The Bertz CT molecular complexity index is 1000. The van der Waals surface area contributed by atoms with Gasteiger partial charge in [-0.3, -0.25) is 0 Å². The average Bonchev–Trinajstić information content (AvgIpc) is 3.06. The molecule has 25 heavy (non-hydrogen) atoms. The average molecular weight is 329 g/mol. The first-order valence-corrected chi connectivity index (χ1v) is 8.37. The summed E-state index contributed by atoms with van der Waals surface area (Å²) in [5.41, 5.74) is 5.60. The summed E-state index contributed by atoms with van der Waals surface area (Å²) in [6.45, 7) is 4.36. The van der Waals surface area contributed by atoms with Crippen molar-refractivity contribution in [3.05, 3.63) is 72.3 Å². The van der Waals surface area contributed by atoms with Gasteiger partial charge < -0.3 is 5.11 Å². The van der Waals surface area contributed by atoms with Crippen LogP contribution in [0.2, 0.25) is 0 Å². The van der Waals surface area contributed by atoms with E-state index in [-0.39, 0.29) is 5.75 Å². The molecule has 0 aliphatic rings. The number of benzene rings is 3. The van der Waals surface area contributed by atoms with Crippen molar-refractivity contribution in [3.63, 3.8) is 0 Å². The Labute approximate surface area is 146 Å². The van der Waals surface area contributed by atoms with E-state index in [1.807, 2.05) is 36.4 Å². The molecule has 0 spiro atoms. The number of hydrogen-bond acceptors (Lipinski definition) is 3. The fourth-order valence-electron chi connectivity index (χ4n) is 2.89. The summed E-state index contributed by atoms with van der Waals surface area (Å²) < 4.78 is 0. The minimum absolute atomic E-state index is 0.155. The van der Waals surface area contributed by atoms with Crippen molar-refractivity contribution < 1.29 is 5.11 Å². The first-order chi connectivity index (χ1) is 12.1. The molecule has 1 N–H and O–H groups in total. The van der Waals surface area contributed by atoms with Crippen molar-refractivity contribution in [1.29, 1.82) is 0 Å². The standard InChI is InChI=1S/C21H19N3O/c1-14(2)15-7-9-16(10-8-15)17-11-12-21(25)20(13-17)24-22-18-5-3-4-6-19(18)23-24/h3-14,25H,1-2H3. The molecule has 0 unspecified atom stereocenters. The zero-order valence-electron chi connectivity index (χ0n) is 14.2. The maximum atomic E-state index is 10.3. The minimum Gasteiger partial charge on any atom is -0.506 e. The molecule has 0 aliphatic heterocycles. The van der Waals surface area contributed by atoms with Gasteiger partial charge in [-0.05, 0) is 46.9 Å². The summed E-state index contributed by atoms with van der Waals surface area (Å²) >= 11 is 0. The zero-order valence-corrected chi connectivity index (χ0v) is 14.2. The topological polar surface area (TPSA) is 50.9 Å². The van der Waals surface area contributed by atoms with Crippen LogP contribution in [0.5, 0.6) is 5.75 Å². The number of phenols is 1. The normalized spacial score (nSPS) is 11.3. The second-order valence-corrected chi connectivity index (χ2v) is 6.46. The molecule has 0 aliphatic carbocycles. The van der Waals surface area contributed by atoms with Gasteiger partial charge in [0.25, 0.3) is 0 Å². The minimum atomic E-state index is 0.155. The van der Waals surface area contributed by atoms with E-state index in [4.69, 9.17) is 0 Å². The molecular weight excluding hydrogens is 310 g/mol. The molecule has 0 atom stereocenters. The summed E-state index contributed by atoms with van der Waals surface area (Å²) in [5.74, 6) is 0.660. The Morgan fingerprint density at radius 3 is 2.00 bits per heavy atom. The molecule has 4 heteroatoms. The van der Waals surface area contributed by atoms with Crippen LogP contribution < -0.4 is 0 Å². The van der Waals surface area contributed by atoms with Gasteiger partial charge in [0.05, 0.1) is 0 Å². The van der Waals surface area contributed by atoms with E-state index in [9.17, 15) is 5.11 Å². The first kappa shape index (κ1) is 15.4. The first-order valence-electron chi connectivity index (χ1n) is 8.37. The van der Waals surface area contributed by atoms with Gasteiger partial charge in [-0.25, -0.2) is 0 Å². The lowest BCUT2D eigenvalue weighted by Gasteiger charge is -2.09. The van der Waals surface area contributed by atoms with Crippen LogP contribution in [0.15, 0.2) is 66.7 Å². The van der Waals surface area contributed by atoms with E-state index in [2.05, 4.69) is 48.3 Å². The van der Waals surface area contributed by atoms with Gasteiger partial charge in [-0.1, -0.05) is 56.3 Å². The molecule has 0 saturated carbocycles. The number of aromatic hydroxyl groups is 1. The Morgan fingerprint density at radius 1 is 0.800 bits per heavy atom. The highest BCUT2D eigenvalue weighted by atomic mass is 16.3. The van der Waals surface area contributed by atoms with Crippen molar-refractivity contribution in [2.24, 2.45) is 0 Å². The van der Waals surface area contributed by atoms with Crippen LogP contribution in [-0.2, 0) is 0 Å². The molecular formula is C21H19N3O. The van der Waals surface area contributed by atoms with E-state index >= 15 is 0 Å². The fourth-order valence-corrected chi connectivity index (χ4v) is 2.89. The van der Waals surface area contributed by atoms with Crippen LogP contribution in [0.3, 0.4) is 0 Å². The van der Waals surface area contributed by atoms with Gasteiger partial charge in [0.1, 0.15) is 22.5 Å². The molecule has 0 fully saturated rings. The van der Waals surface area contributed by atoms with Gasteiger partial charge in [0.2, 0.25) is 0 Å². The summed E-state index contributed by atoms with van der Waals surface area (Å²) in [6.07, 6.45) is 0. The highest BCUT2D eigenvalue weighted by Crippen LogP contribution is 2.29. The summed E-state index contributed by atoms with van der Waals surface area (Å²) in [6, 6.07) is 21.7. The molecule has 4 aromatic rings. The number of rotatable bonds is 3. The molecule has 0 radical (unpaired) electrons. The smallest absolute Gasteiger partial charge is 0.143 e. The summed E-state index contributed by atoms with van der Waals surface area (Å²) in [7, 11) is 0. The Morgan fingerprint density at radius 2 is 1.40 bits per heavy atom. The Hall–Kier alpha value is -3.14. The van der Waals surface area contributed by atoms with E-state index in [1.165, 1.54) is 10.4 Å². The highest BCUT2D eigenvalue weighted by molar-refractivity contribution is 5.74. The third-order valence-corrected chi connectivity index (χ3v) is 4.39. The highest BCUT2D eigenvalue weighted by Gasteiger charge is 2.11. The van der Waals surface area contributed by atoms with Gasteiger partial charge in [-0.2, -0.15) is 0 Å². The summed E-state index contributed by atoms with van der Waals surface area (Å²) in [5, 5.41) is 19.2. The SMILES string of the molecule is CC(C)c1ccc(-c2ccc(O)c(-n3nc4ccccc4n3)c2)cc1. The van der Waals surface area contributed by atoms with Crippen LogP contribution in [0.25, 0.3) is 27.8 Å². The third-order valence-electron chi connectivity index (χ3n) is 4.39.